The zero-order valence-corrected chi connectivity index (χ0v) is 24.4. The van der Waals surface area contributed by atoms with E-state index in [1.54, 1.807) is 60.7 Å². The number of hydrazone groups is 2. The third-order valence-electron chi connectivity index (χ3n) is 6.06. The second-order valence-electron chi connectivity index (χ2n) is 9.44. The largest absolute Gasteiger partial charge is 0.339 e. The quantitative estimate of drug-likeness (QED) is 0.0710. The highest BCUT2D eigenvalue weighted by Crippen LogP contribution is 2.21. The Labute approximate surface area is 264 Å². The Morgan fingerprint density at radius 2 is 0.739 bits per heavy atom. The summed E-state index contributed by atoms with van der Waals surface area (Å²) < 4.78 is 0. The van der Waals surface area contributed by atoms with Crippen LogP contribution in [0.25, 0.3) is 0 Å². The maximum Gasteiger partial charge on any atom is 0.339 e. The molecule has 0 aliphatic heterocycles. The van der Waals surface area contributed by atoms with Gasteiger partial charge in [0.1, 0.15) is 0 Å². The number of rotatable bonds is 10. The van der Waals surface area contributed by atoms with Crippen LogP contribution in [-0.4, -0.2) is 24.5 Å². The van der Waals surface area contributed by atoms with Gasteiger partial charge in [0.05, 0.1) is 35.2 Å². The van der Waals surface area contributed by atoms with Crippen LogP contribution in [0.4, 0.5) is 43.7 Å². The zero-order valence-electron chi connectivity index (χ0n) is 24.4. The first-order valence-corrected chi connectivity index (χ1v) is 14.0. The molecular formula is C34H28N10O2. The van der Waals surface area contributed by atoms with E-state index < -0.39 is 12.1 Å². The van der Waals surface area contributed by atoms with Gasteiger partial charge >= 0.3 is 12.1 Å². The molecule has 0 aliphatic carbocycles. The minimum atomic E-state index is -0.522. The Hall–Kier alpha value is -6.82. The third kappa shape index (κ3) is 9.88. The Balaban J connectivity index is 1.07. The first-order valence-electron chi connectivity index (χ1n) is 14.0. The molecule has 0 atom stereocenters. The summed E-state index contributed by atoms with van der Waals surface area (Å²) in [5.74, 6) is 0. The van der Waals surface area contributed by atoms with Crippen LogP contribution < -0.4 is 21.5 Å². The minimum Gasteiger partial charge on any atom is -0.307 e. The average Bonchev–Trinajstić information content (AvgIpc) is 3.09. The number of nitrogens with one attached hydrogen (secondary N) is 4. The van der Waals surface area contributed by atoms with E-state index in [1.807, 2.05) is 72.8 Å². The fourth-order valence-corrected chi connectivity index (χ4v) is 3.83. The lowest BCUT2D eigenvalue weighted by atomic mass is 10.1. The van der Waals surface area contributed by atoms with Crippen molar-refractivity contribution in [3.63, 3.8) is 0 Å². The van der Waals surface area contributed by atoms with Gasteiger partial charge in [0.2, 0.25) is 0 Å². The van der Waals surface area contributed by atoms with Crippen LogP contribution >= 0.6 is 0 Å². The van der Waals surface area contributed by atoms with Gasteiger partial charge in [-0.25, -0.2) is 20.4 Å². The number of carbonyl (C=O) groups excluding carboxylic acids is 2. The van der Waals surface area contributed by atoms with E-state index in [9.17, 15) is 9.59 Å². The molecule has 12 nitrogen and oxygen atoms in total. The molecule has 5 aromatic carbocycles. The second-order valence-corrected chi connectivity index (χ2v) is 9.44. The highest BCUT2D eigenvalue weighted by molar-refractivity contribution is 5.96. The van der Waals surface area contributed by atoms with E-state index in [-0.39, 0.29) is 0 Å². The molecule has 226 valence electrons. The smallest absolute Gasteiger partial charge is 0.307 e. The lowest BCUT2D eigenvalue weighted by Gasteiger charge is -2.05. The summed E-state index contributed by atoms with van der Waals surface area (Å²) in [6.07, 6.45) is 2.95. The Morgan fingerprint density at radius 1 is 0.413 bits per heavy atom. The maximum absolute atomic E-state index is 12.3. The molecule has 0 radical (unpaired) electrons. The standard InChI is InChI=1S/C34H28N10O2/c45-33(37-27-15-19-31(20-16-27)41-39-29-11-3-1-4-12-29)43-35-23-25-9-7-8-10-26(25)24-36-44-34(46)38-28-17-21-32(22-18-28)42-40-30-13-5-2-6-14-30/h1-24H,(H2,37,43,45)(H2,38,44,46). The summed E-state index contributed by atoms with van der Waals surface area (Å²) in [4.78, 5) is 24.6. The highest BCUT2D eigenvalue weighted by Gasteiger charge is 2.03. The molecule has 0 aromatic heterocycles. The first kappa shape index (κ1) is 30.6. The van der Waals surface area contributed by atoms with Gasteiger partial charge in [0.25, 0.3) is 0 Å². The van der Waals surface area contributed by atoms with Crippen molar-refractivity contribution < 1.29 is 9.59 Å². The number of urea groups is 2. The van der Waals surface area contributed by atoms with Crippen molar-refractivity contribution in [2.24, 2.45) is 30.7 Å². The lowest BCUT2D eigenvalue weighted by molar-refractivity contribution is 0.251. The van der Waals surface area contributed by atoms with Crippen molar-refractivity contribution in [3.05, 3.63) is 145 Å². The second kappa shape index (κ2) is 16.1. The molecule has 0 fully saturated rings. The Bertz CT molecular complexity index is 1720. The number of carbonyl (C=O) groups is 2. The van der Waals surface area contributed by atoms with Crippen LogP contribution in [0.3, 0.4) is 0 Å². The summed E-state index contributed by atoms with van der Waals surface area (Å²) in [6, 6.07) is 38.8. The highest BCUT2D eigenvalue weighted by atomic mass is 16.2. The number of amides is 4. The molecule has 0 saturated heterocycles. The predicted molar refractivity (Wildman–Crippen MR) is 180 cm³/mol. The SMILES string of the molecule is O=C(NN=Cc1ccccc1C=NNC(=O)Nc1ccc(N=Nc2ccccc2)cc1)Nc1ccc(N=Nc2ccccc2)cc1. The van der Waals surface area contributed by atoms with Gasteiger partial charge in [-0.05, 0) is 72.8 Å². The fraction of sp³-hybridized carbons (Fsp3) is 0. The van der Waals surface area contributed by atoms with Gasteiger partial charge in [0.15, 0.2) is 0 Å². The van der Waals surface area contributed by atoms with Crippen molar-refractivity contribution >= 4 is 58.6 Å². The molecule has 0 heterocycles. The Kier molecular flexibility index (Phi) is 10.7. The number of nitrogens with zero attached hydrogens (tertiary/aromatic N) is 6. The third-order valence-corrected chi connectivity index (χ3v) is 6.06. The van der Waals surface area contributed by atoms with E-state index in [0.717, 1.165) is 11.4 Å². The van der Waals surface area contributed by atoms with Gasteiger partial charge in [-0.15, -0.1) is 0 Å². The summed E-state index contributed by atoms with van der Waals surface area (Å²) in [7, 11) is 0. The van der Waals surface area contributed by atoms with Gasteiger partial charge < -0.3 is 10.6 Å². The molecule has 5 rings (SSSR count). The van der Waals surface area contributed by atoms with Crippen molar-refractivity contribution in [1.29, 1.82) is 0 Å². The normalized spacial score (nSPS) is 11.3. The van der Waals surface area contributed by atoms with Gasteiger partial charge in [-0.2, -0.15) is 30.7 Å². The van der Waals surface area contributed by atoms with E-state index >= 15 is 0 Å². The first-order chi connectivity index (χ1) is 22.6. The molecule has 46 heavy (non-hydrogen) atoms. The number of hydrogen-bond donors (Lipinski definition) is 4. The molecule has 0 bridgehead atoms. The van der Waals surface area contributed by atoms with Crippen LogP contribution in [0.5, 0.6) is 0 Å². The van der Waals surface area contributed by atoms with E-state index in [2.05, 4.69) is 52.1 Å². The summed E-state index contributed by atoms with van der Waals surface area (Å²) in [5.41, 5.74) is 10.1. The summed E-state index contributed by atoms with van der Waals surface area (Å²) in [6.45, 7) is 0. The summed E-state index contributed by atoms with van der Waals surface area (Å²) >= 11 is 0. The molecule has 0 unspecified atom stereocenters. The van der Waals surface area contributed by atoms with Crippen LogP contribution in [0.1, 0.15) is 11.1 Å². The number of anilines is 2. The monoisotopic (exact) mass is 608 g/mol. The van der Waals surface area contributed by atoms with Crippen molar-refractivity contribution in [3.8, 4) is 0 Å². The van der Waals surface area contributed by atoms with Crippen LogP contribution in [0.15, 0.2) is 164 Å². The molecule has 4 N–H and O–H groups in total. The maximum atomic E-state index is 12.3. The minimum absolute atomic E-state index is 0.522. The van der Waals surface area contributed by atoms with Gasteiger partial charge in [0, 0.05) is 22.5 Å². The molecule has 0 spiro atoms. The van der Waals surface area contributed by atoms with Gasteiger partial charge in [-0.3, -0.25) is 0 Å². The fourth-order valence-electron chi connectivity index (χ4n) is 3.83. The van der Waals surface area contributed by atoms with Crippen molar-refractivity contribution in [2.45, 2.75) is 0 Å². The van der Waals surface area contributed by atoms with E-state index in [1.165, 1.54) is 12.4 Å². The number of hydrogen-bond acceptors (Lipinski definition) is 8. The number of azo groups is 2. The number of benzene rings is 5. The molecule has 12 heteroatoms. The average molecular weight is 609 g/mol. The van der Waals surface area contributed by atoms with Gasteiger partial charge in [-0.1, -0.05) is 60.7 Å². The molecular weight excluding hydrogens is 580 g/mol. The van der Waals surface area contributed by atoms with E-state index in [4.69, 9.17) is 0 Å². The molecule has 0 saturated carbocycles. The van der Waals surface area contributed by atoms with Crippen LogP contribution in [0, 0.1) is 0 Å². The van der Waals surface area contributed by atoms with E-state index in [0.29, 0.717) is 33.9 Å². The predicted octanol–water partition coefficient (Wildman–Crippen LogP) is 8.83. The van der Waals surface area contributed by atoms with Crippen molar-refractivity contribution in [1.82, 2.24) is 10.9 Å². The zero-order chi connectivity index (χ0) is 31.8. The topological polar surface area (TPSA) is 156 Å². The molecule has 5 aromatic rings. The Morgan fingerprint density at radius 3 is 1.11 bits per heavy atom. The summed E-state index contributed by atoms with van der Waals surface area (Å²) in [5, 5.41) is 30.1. The molecule has 0 aliphatic rings. The van der Waals surface area contributed by atoms with Crippen LogP contribution in [-0.2, 0) is 0 Å². The van der Waals surface area contributed by atoms with Crippen molar-refractivity contribution in [2.75, 3.05) is 10.6 Å². The lowest BCUT2D eigenvalue weighted by Crippen LogP contribution is -2.24. The van der Waals surface area contributed by atoms with Crippen LogP contribution in [0.2, 0.25) is 0 Å². The molecule has 4 amide bonds.